The zero-order valence-electron chi connectivity index (χ0n) is 16.7. The van der Waals surface area contributed by atoms with Crippen LogP contribution < -0.4 is 11.2 Å². The molecule has 0 aliphatic heterocycles. The number of hydrogen-bond donors (Lipinski definition) is 2. The van der Waals surface area contributed by atoms with E-state index in [0.717, 1.165) is 4.90 Å². The number of nitrogens with one attached hydrogen (secondary N) is 1. The number of benzene rings is 2. The van der Waals surface area contributed by atoms with Crippen LogP contribution >= 0.6 is 11.8 Å². The molecule has 1 amide bonds. The molecular weight excluding hydrogens is 450 g/mol. The molecule has 0 atom stereocenters. The van der Waals surface area contributed by atoms with Gasteiger partial charge in [0.25, 0.3) is 11.6 Å². The summed E-state index contributed by atoms with van der Waals surface area (Å²) < 4.78 is 5.90. The molecule has 0 unspecified atom stereocenters. The minimum Gasteiger partial charge on any atom is -0.378 e. The van der Waals surface area contributed by atoms with Crippen LogP contribution in [0.3, 0.4) is 0 Å². The first-order valence-electron chi connectivity index (χ1n) is 9.32. The molecule has 0 saturated carbocycles. The number of nitro benzene ring substituents is 1. The minimum atomic E-state index is -0.672. The van der Waals surface area contributed by atoms with Crippen LogP contribution in [0.25, 0.3) is 5.82 Å². The fraction of sp³-hybridized carbons (Fsp3) is 0.0526. The van der Waals surface area contributed by atoms with Crippen molar-refractivity contribution in [3.63, 3.8) is 0 Å². The van der Waals surface area contributed by atoms with E-state index in [1.165, 1.54) is 40.9 Å². The second-order valence-corrected chi connectivity index (χ2v) is 7.44. The molecule has 0 fully saturated rings. The number of rotatable bonds is 8. The van der Waals surface area contributed by atoms with Gasteiger partial charge in [-0.05, 0) is 28.5 Å². The summed E-state index contributed by atoms with van der Waals surface area (Å²) in [7, 11) is 0. The van der Waals surface area contributed by atoms with E-state index in [1.54, 1.807) is 6.07 Å². The highest BCUT2D eigenvalue weighted by Gasteiger charge is 2.24. The van der Waals surface area contributed by atoms with Gasteiger partial charge in [0.1, 0.15) is 0 Å². The Morgan fingerprint density at radius 3 is 2.70 bits per heavy atom. The van der Waals surface area contributed by atoms with Crippen LogP contribution in [0.5, 0.6) is 0 Å². The molecule has 4 rings (SSSR count). The summed E-state index contributed by atoms with van der Waals surface area (Å²) >= 11 is 1.44. The van der Waals surface area contributed by atoms with Gasteiger partial charge in [0.2, 0.25) is 11.6 Å². The van der Waals surface area contributed by atoms with Crippen LogP contribution in [-0.4, -0.2) is 42.4 Å². The van der Waals surface area contributed by atoms with E-state index in [4.69, 9.17) is 5.73 Å². The second-order valence-electron chi connectivity index (χ2n) is 6.39. The van der Waals surface area contributed by atoms with E-state index < -0.39 is 10.8 Å². The Hall–Kier alpha value is -4.59. The SMILES string of the molecule is Nc1nonc1-n1nnc(C(=O)NN=Cc2ccccc2[N+](=O)[O-])c1CSc1ccccc1. The predicted molar refractivity (Wildman–Crippen MR) is 118 cm³/mol. The molecule has 0 bridgehead atoms. The number of hydrogen-bond acceptors (Lipinski definition) is 11. The molecular formula is C19H15N9O4S. The van der Waals surface area contributed by atoms with Crippen molar-refractivity contribution in [3.05, 3.63) is 81.7 Å². The number of thioether (sulfide) groups is 1. The molecule has 0 spiro atoms. The molecule has 2 heterocycles. The molecule has 3 N–H and O–H groups in total. The van der Waals surface area contributed by atoms with Crippen molar-refractivity contribution in [3.8, 4) is 5.82 Å². The summed E-state index contributed by atoms with van der Waals surface area (Å²) in [5.41, 5.74) is 8.53. The zero-order valence-corrected chi connectivity index (χ0v) is 17.5. The Kier molecular flexibility index (Phi) is 6.36. The molecule has 0 saturated heterocycles. The average Bonchev–Trinajstić information content (AvgIpc) is 3.44. The summed E-state index contributed by atoms with van der Waals surface area (Å²) in [4.78, 5) is 24.3. The van der Waals surface area contributed by atoms with Crippen LogP contribution in [0, 0.1) is 10.1 Å². The smallest absolute Gasteiger partial charge is 0.293 e. The maximum atomic E-state index is 12.8. The Morgan fingerprint density at radius 2 is 1.97 bits per heavy atom. The molecule has 4 aromatic rings. The maximum Gasteiger partial charge on any atom is 0.293 e. The van der Waals surface area contributed by atoms with E-state index in [0.29, 0.717) is 11.4 Å². The van der Waals surface area contributed by atoms with Gasteiger partial charge in [-0.2, -0.15) is 9.78 Å². The Labute approximate surface area is 189 Å². The molecule has 14 heteroatoms. The number of anilines is 1. The third-order valence-corrected chi connectivity index (χ3v) is 5.32. The summed E-state index contributed by atoms with van der Waals surface area (Å²) in [5.74, 6) is -0.310. The van der Waals surface area contributed by atoms with Crippen molar-refractivity contribution < 1.29 is 14.3 Å². The highest BCUT2D eigenvalue weighted by molar-refractivity contribution is 7.98. The summed E-state index contributed by atoms with van der Waals surface area (Å²) in [6.07, 6.45) is 1.18. The van der Waals surface area contributed by atoms with E-state index in [1.807, 2.05) is 30.3 Å². The quantitative estimate of drug-likeness (QED) is 0.169. The Balaban J connectivity index is 1.59. The van der Waals surface area contributed by atoms with Gasteiger partial charge in [-0.3, -0.25) is 14.9 Å². The number of amides is 1. The van der Waals surface area contributed by atoms with Gasteiger partial charge in [0.15, 0.2) is 5.69 Å². The van der Waals surface area contributed by atoms with Crippen molar-refractivity contribution in [2.45, 2.75) is 10.6 Å². The van der Waals surface area contributed by atoms with Gasteiger partial charge < -0.3 is 5.73 Å². The monoisotopic (exact) mass is 465 g/mol. The van der Waals surface area contributed by atoms with E-state index in [2.05, 4.69) is 35.8 Å². The first kappa shape index (κ1) is 21.6. The van der Waals surface area contributed by atoms with Crippen molar-refractivity contribution in [1.29, 1.82) is 0 Å². The predicted octanol–water partition coefficient (Wildman–Crippen LogP) is 2.20. The molecule has 33 heavy (non-hydrogen) atoms. The van der Waals surface area contributed by atoms with Crippen LogP contribution in [-0.2, 0) is 5.75 Å². The van der Waals surface area contributed by atoms with E-state index >= 15 is 0 Å². The van der Waals surface area contributed by atoms with Gasteiger partial charge in [-0.1, -0.05) is 35.5 Å². The topological polar surface area (TPSA) is 180 Å². The summed E-state index contributed by atoms with van der Waals surface area (Å²) in [6, 6.07) is 15.5. The van der Waals surface area contributed by atoms with Crippen LogP contribution in [0.4, 0.5) is 11.5 Å². The zero-order chi connectivity index (χ0) is 23.2. The Bertz CT molecular complexity index is 1320. The number of hydrazone groups is 1. The molecule has 0 radical (unpaired) electrons. The molecule has 2 aromatic carbocycles. The third kappa shape index (κ3) is 4.85. The van der Waals surface area contributed by atoms with Gasteiger partial charge >= 0.3 is 0 Å². The van der Waals surface area contributed by atoms with E-state index in [9.17, 15) is 14.9 Å². The van der Waals surface area contributed by atoms with Crippen molar-refractivity contribution >= 4 is 35.4 Å². The summed E-state index contributed by atoms with van der Waals surface area (Å²) in [5, 5.41) is 30.1. The lowest BCUT2D eigenvalue weighted by Gasteiger charge is -2.05. The lowest BCUT2D eigenvalue weighted by Crippen LogP contribution is -2.20. The summed E-state index contributed by atoms with van der Waals surface area (Å²) in [6.45, 7) is 0. The molecule has 166 valence electrons. The number of nitrogen functional groups attached to an aromatic ring is 1. The normalized spacial score (nSPS) is 11.0. The van der Waals surface area contributed by atoms with Gasteiger partial charge in [-0.15, -0.1) is 16.9 Å². The van der Waals surface area contributed by atoms with Gasteiger partial charge in [-0.25, -0.2) is 10.1 Å². The van der Waals surface area contributed by atoms with Crippen molar-refractivity contribution in [2.75, 3.05) is 5.73 Å². The van der Waals surface area contributed by atoms with E-state index in [-0.39, 0.29) is 28.6 Å². The minimum absolute atomic E-state index is 0.0211. The average molecular weight is 465 g/mol. The van der Waals surface area contributed by atoms with Crippen LogP contribution in [0.2, 0.25) is 0 Å². The fourth-order valence-corrected chi connectivity index (χ4v) is 3.67. The number of para-hydroxylation sites is 1. The van der Waals surface area contributed by atoms with Gasteiger partial charge in [0, 0.05) is 16.7 Å². The maximum absolute atomic E-state index is 12.8. The van der Waals surface area contributed by atoms with Crippen LogP contribution in [0.15, 0.2) is 69.2 Å². The number of aromatic nitrogens is 5. The molecule has 2 aromatic heterocycles. The number of nitrogens with zero attached hydrogens (tertiary/aromatic N) is 7. The van der Waals surface area contributed by atoms with Crippen molar-refractivity contribution in [1.82, 2.24) is 30.7 Å². The number of carbonyl (C=O) groups excluding carboxylic acids is 1. The highest BCUT2D eigenvalue weighted by Crippen LogP contribution is 2.25. The standard InChI is InChI=1S/C19H15N9O4S/c20-17-18(25-32-24-17)27-15(11-33-13-7-2-1-3-8-13)16(22-26-27)19(29)23-21-10-12-6-4-5-9-14(12)28(30)31/h1-10H,11H2,(H2,20,24)(H,23,29). The lowest BCUT2D eigenvalue weighted by molar-refractivity contribution is -0.385. The molecule has 0 aliphatic carbocycles. The number of nitro groups is 1. The second kappa shape index (κ2) is 9.69. The Morgan fingerprint density at radius 1 is 1.21 bits per heavy atom. The largest absolute Gasteiger partial charge is 0.378 e. The fourth-order valence-electron chi connectivity index (χ4n) is 2.76. The lowest BCUT2D eigenvalue weighted by atomic mass is 10.2. The third-order valence-electron chi connectivity index (χ3n) is 4.30. The first-order chi connectivity index (χ1) is 16.0. The highest BCUT2D eigenvalue weighted by atomic mass is 32.2. The number of carbonyl (C=O) groups is 1. The number of nitrogens with two attached hydrogens (primary N) is 1. The van der Waals surface area contributed by atoms with Crippen molar-refractivity contribution in [2.24, 2.45) is 5.10 Å². The van der Waals surface area contributed by atoms with Gasteiger partial charge in [0.05, 0.1) is 22.4 Å². The van der Waals surface area contributed by atoms with Crippen LogP contribution in [0.1, 0.15) is 21.7 Å². The first-order valence-corrected chi connectivity index (χ1v) is 10.3. The molecule has 0 aliphatic rings. The molecule has 13 nitrogen and oxygen atoms in total.